The summed E-state index contributed by atoms with van der Waals surface area (Å²) in [4.78, 5) is 18.3. The highest BCUT2D eigenvalue weighted by atomic mass is 35.5. The molecule has 10 heteroatoms. The summed E-state index contributed by atoms with van der Waals surface area (Å²) < 4.78 is 38.6. The fourth-order valence-corrected chi connectivity index (χ4v) is 4.82. The van der Waals surface area contributed by atoms with Crippen LogP contribution in [0.3, 0.4) is 0 Å². The predicted molar refractivity (Wildman–Crippen MR) is 106 cm³/mol. The first-order valence-electron chi connectivity index (χ1n) is 9.26. The molecule has 2 aromatic rings. The minimum absolute atomic E-state index is 0.156. The number of pyridine rings is 1. The molecule has 1 amide bonds. The second kappa shape index (κ2) is 8.17. The second-order valence-electron chi connectivity index (χ2n) is 6.72. The number of piperazine rings is 1. The molecule has 2 aliphatic heterocycles. The minimum atomic E-state index is -3.70. The molecule has 1 aromatic heterocycles. The fraction of sp³-hybridized carbons (Fsp3) is 0.368. The Labute approximate surface area is 174 Å². The Kier molecular flexibility index (Phi) is 5.62. The Bertz CT molecular complexity index is 1010. The van der Waals surface area contributed by atoms with Crippen LogP contribution >= 0.6 is 11.6 Å². The van der Waals surface area contributed by atoms with Crippen molar-refractivity contribution in [2.45, 2.75) is 11.3 Å². The molecule has 0 radical (unpaired) electrons. The molecular weight excluding hydrogens is 418 g/mol. The van der Waals surface area contributed by atoms with Crippen LogP contribution in [0, 0.1) is 0 Å². The van der Waals surface area contributed by atoms with Crippen molar-refractivity contribution in [3.05, 3.63) is 47.2 Å². The molecule has 0 spiro atoms. The average Bonchev–Trinajstić information content (AvgIpc) is 2.99. The largest absolute Gasteiger partial charge is 0.490 e. The zero-order valence-corrected chi connectivity index (χ0v) is 17.2. The van der Waals surface area contributed by atoms with Crippen LogP contribution in [0.5, 0.6) is 11.5 Å². The molecule has 29 heavy (non-hydrogen) atoms. The van der Waals surface area contributed by atoms with Crippen LogP contribution < -0.4 is 9.47 Å². The maximum Gasteiger partial charge on any atom is 0.255 e. The van der Waals surface area contributed by atoms with Crippen LogP contribution in [0.1, 0.15) is 16.8 Å². The second-order valence-corrected chi connectivity index (χ2v) is 9.05. The van der Waals surface area contributed by atoms with Gasteiger partial charge in [0, 0.05) is 44.9 Å². The number of aromatic nitrogens is 1. The van der Waals surface area contributed by atoms with Gasteiger partial charge < -0.3 is 14.4 Å². The van der Waals surface area contributed by atoms with Gasteiger partial charge in [0.05, 0.1) is 23.7 Å². The topological polar surface area (TPSA) is 89.0 Å². The van der Waals surface area contributed by atoms with Crippen LogP contribution in [0.15, 0.2) is 41.4 Å². The number of carbonyl (C=O) groups is 1. The molecule has 4 rings (SSSR count). The van der Waals surface area contributed by atoms with E-state index in [0.29, 0.717) is 48.5 Å². The van der Waals surface area contributed by atoms with Crippen LogP contribution in [0.4, 0.5) is 0 Å². The van der Waals surface area contributed by atoms with Crippen molar-refractivity contribution in [2.75, 3.05) is 39.4 Å². The summed E-state index contributed by atoms with van der Waals surface area (Å²) in [6.07, 6.45) is 2.17. The monoisotopic (exact) mass is 437 g/mol. The number of carbonyl (C=O) groups excluding carboxylic acids is 1. The molecule has 0 N–H and O–H groups in total. The fourth-order valence-electron chi connectivity index (χ4n) is 3.27. The summed E-state index contributed by atoms with van der Waals surface area (Å²) in [5.41, 5.74) is 0.425. The third kappa shape index (κ3) is 4.17. The third-order valence-corrected chi connectivity index (χ3v) is 6.98. The maximum atomic E-state index is 13.0. The summed E-state index contributed by atoms with van der Waals surface area (Å²) in [7, 11) is -3.70. The van der Waals surface area contributed by atoms with E-state index < -0.39 is 10.0 Å². The van der Waals surface area contributed by atoms with E-state index in [1.807, 2.05) is 0 Å². The first-order valence-corrected chi connectivity index (χ1v) is 11.1. The van der Waals surface area contributed by atoms with Crippen molar-refractivity contribution in [1.29, 1.82) is 0 Å². The lowest BCUT2D eigenvalue weighted by atomic mass is 10.2. The number of sulfonamides is 1. The zero-order valence-electron chi connectivity index (χ0n) is 15.6. The number of ether oxygens (including phenoxy) is 2. The Morgan fingerprint density at radius 2 is 1.72 bits per heavy atom. The Morgan fingerprint density at radius 1 is 1.00 bits per heavy atom. The third-order valence-electron chi connectivity index (χ3n) is 4.86. The summed E-state index contributed by atoms with van der Waals surface area (Å²) >= 11 is 5.76. The molecule has 0 bridgehead atoms. The molecule has 1 fully saturated rings. The van der Waals surface area contributed by atoms with Gasteiger partial charge in [-0.05, 0) is 24.3 Å². The van der Waals surface area contributed by atoms with Gasteiger partial charge in [-0.25, -0.2) is 13.4 Å². The lowest BCUT2D eigenvalue weighted by Gasteiger charge is -2.34. The smallest absolute Gasteiger partial charge is 0.255 e. The summed E-state index contributed by atoms with van der Waals surface area (Å²) in [5, 5.41) is 0.313. The predicted octanol–water partition coefficient (Wildman–Crippen LogP) is 2.04. The Morgan fingerprint density at radius 3 is 2.41 bits per heavy atom. The number of halogens is 1. The van der Waals surface area contributed by atoms with Crippen molar-refractivity contribution in [3.63, 3.8) is 0 Å². The SMILES string of the molecule is O=C(c1ccc(Cl)nc1)N1CCN(S(=O)(=O)c2ccc3c(c2)OCCCO3)CC1. The van der Waals surface area contributed by atoms with Crippen molar-refractivity contribution in [1.82, 2.24) is 14.2 Å². The molecular formula is C19H20ClN3O5S. The van der Waals surface area contributed by atoms with Crippen LogP contribution in [0.2, 0.25) is 5.15 Å². The Balaban J connectivity index is 1.45. The standard InChI is InChI=1S/C19H20ClN3O5S/c20-18-5-2-14(13-21-18)19(24)22-6-8-23(9-7-22)29(25,26)15-3-4-16-17(12-15)28-11-1-10-27-16/h2-5,12-13H,1,6-11H2. The molecule has 2 aliphatic rings. The number of fused-ring (bicyclic) bond motifs is 1. The summed E-state index contributed by atoms with van der Waals surface area (Å²) in [5.74, 6) is 0.794. The van der Waals surface area contributed by atoms with E-state index in [0.717, 1.165) is 6.42 Å². The molecule has 1 aromatic carbocycles. The van der Waals surface area contributed by atoms with Gasteiger partial charge in [0.1, 0.15) is 5.15 Å². The quantitative estimate of drug-likeness (QED) is 0.683. The first-order chi connectivity index (χ1) is 13.9. The van der Waals surface area contributed by atoms with Crippen LogP contribution in [-0.2, 0) is 10.0 Å². The van der Waals surface area contributed by atoms with Gasteiger partial charge in [-0.3, -0.25) is 4.79 Å². The van der Waals surface area contributed by atoms with Crippen molar-refractivity contribution < 1.29 is 22.7 Å². The first kappa shape index (κ1) is 19.9. The molecule has 0 atom stereocenters. The highest BCUT2D eigenvalue weighted by Gasteiger charge is 2.31. The molecule has 0 saturated carbocycles. The maximum absolute atomic E-state index is 13.0. The van der Waals surface area contributed by atoms with Gasteiger partial charge in [0.2, 0.25) is 10.0 Å². The molecule has 3 heterocycles. The van der Waals surface area contributed by atoms with Crippen molar-refractivity contribution in [3.8, 4) is 11.5 Å². The normalized spacial score (nSPS) is 17.6. The van der Waals surface area contributed by atoms with E-state index in [1.165, 1.54) is 22.6 Å². The molecule has 0 unspecified atom stereocenters. The van der Waals surface area contributed by atoms with Crippen LogP contribution in [0.25, 0.3) is 0 Å². The molecule has 8 nitrogen and oxygen atoms in total. The number of hydrogen-bond donors (Lipinski definition) is 0. The van der Waals surface area contributed by atoms with Gasteiger partial charge in [0.25, 0.3) is 5.91 Å². The van der Waals surface area contributed by atoms with E-state index in [4.69, 9.17) is 21.1 Å². The van der Waals surface area contributed by atoms with E-state index in [2.05, 4.69) is 4.98 Å². The van der Waals surface area contributed by atoms with E-state index in [9.17, 15) is 13.2 Å². The van der Waals surface area contributed by atoms with Crippen molar-refractivity contribution >= 4 is 27.5 Å². The summed E-state index contributed by atoms with van der Waals surface area (Å²) in [6, 6.07) is 7.83. The number of amides is 1. The lowest BCUT2D eigenvalue weighted by Crippen LogP contribution is -2.50. The lowest BCUT2D eigenvalue weighted by molar-refractivity contribution is 0.0697. The molecule has 1 saturated heterocycles. The number of benzene rings is 1. The highest BCUT2D eigenvalue weighted by molar-refractivity contribution is 7.89. The Hall–Kier alpha value is -2.36. The summed E-state index contributed by atoms with van der Waals surface area (Å²) in [6.45, 7) is 2.04. The van der Waals surface area contributed by atoms with E-state index in [-0.39, 0.29) is 23.9 Å². The number of hydrogen-bond acceptors (Lipinski definition) is 6. The van der Waals surface area contributed by atoms with E-state index >= 15 is 0 Å². The van der Waals surface area contributed by atoms with Crippen LogP contribution in [-0.4, -0.2) is 67.9 Å². The number of rotatable bonds is 3. The van der Waals surface area contributed by atoms with Gasteiger partial charge in [-0.2, -0.15) is 4.31 Å². The van der Waals surface area contributed by atoms with Gasteiger partial charge in [0.15, 0.2) is 11.5 Å². The van der Waals surface area contributed by atoms with Crippen molar-refractivity contribution in [2.24, 2.45) is 0 Å². The van der Waals surface area contributed by atoms with Gasteiger partial charge in [-0.1, -0.05) is 11.6 Å². The highest BCUT2D eigenvalue weighted by Crippen LogP contribution is 2.33. The molecule has 0 aliphatic carbocycles. The van der Waals surface area contributed by atoms with E-state index in [1.54, 1.807) is 23.1 Å². The average molecular weight is 438 g/mol. The van der Waals surface area contributed by atoms with Gasteiger partial charge >= 0.3 is 0 Å². The number of nitrogens with zero attached hydrogens (tertiary/aromatic N) is 3. The minimum Gasteiger partial charge on any atom is -0.490 e. The molecule has 154 valence electrons. The zero-order chi connectivity index (χ0) is 20.4. The van der Waals surface area contributed by atoms with Gasteiger partial charge in [-0.15, -0.1) is 0 Å².